The molecule has 2 aromatic heterocycles. The lowest BCUT2D eigenvalue weighted by molar-refractivity contribution is -0.154. The van der Waals surface area contributed by atoms with E-state index in [0.29, 0.717) is 17.9 Å². The molecule has 0 bridgehead atoms. The van der Waals surface area contributed by atoms with Crippen LogP contribution in [0.25, 0.3) is 0 Å². The largest absolute Gasteiger partial charge is 0.468 e. The van der Waals surface area contributed by atoms with Crippen LogP contribution in [0, 0.1) is 6.92 Å². The van der Waals surface area contributed by atoms with Crippen molar-refractivity contribution in [1.82, 2.24) is 15.0 Å². The highest BCUT2D eigenvalue weighted by Crippen LogP contribution is 2.32. The molecular formula is C26H31F3N4O4S. The fourth-order valence-electron chi connectivity index (χ4n) is 4.46. The summed E-state index contributed by atoms with van der Waals surface area (Å²) >= 11 is 0. The van der Waals surface area contributed by atoms with Gasteiger partial charge in [0.05, 0.1) is 4.90 Å². The van der Waals surface area contributed by atoms with Crippen molar-refractivity contribution >= 4 is 15.8 Å². The van der Waals surface area contributed by atoms with Gasteiger partial charge in [-0.2, -0.15) is 13.2 Å². The molecular weight excluding hydrogens is 521 g/mol. The molecule has 3 aromatic rings. The zero-order valence-electron chi connectivity index (χ0n) is 21.9. The number of rotatable bonds is 7. The van der Waals surface area contributed by atoms with Crippen LogP contribution in [0.3, 0.4) is 0 Å². The maximum atomic E-state index is 13.2. The van der Waals surface area contributed by atoms with Gasteiger partial charge in [-0.05, 0) is 49.1 Å². The number of pyridine rings is 1. The number of halogens is 3. The number of hydrogen-bond donors (Lipinski definition) is 1. The second kappa shape index (κ2) is 10.2. The molecule has 0 saturated heterocycles. The molecule has 1 N–H and O–H groups in total. The van der Waals surface area contributed by atoms with Gasteiger partial charge in [0.2, 0.25) is 5.88 Å². The van der Waals surface area contributed by atoms with Crippen LogP contribution in [0.5, 0.6) is 5.88 Å². The van der Waals surface area contributed by atoms with Gasteiger partial charge in [-0.3, -0.25) is 9.62 Å². The molecule has 4 rings (SSSR count). The predicted molar refractivity (Wildman–Crippen MR) is 136 cm³/mol. The van der Waals surface area contributed by atoms with Crippen LogP contribution in [-0.2, 0) is 28.4 Å². The fourth-order valence-corrected chi connectivity index (χ4v) is 5.57. The molecule has 0 spiro atoms. The van der Waals surface area contributed by atoms with Crippen LogP contribution >= 0.6 is 0 Å². The van der Waals surface area contributed by atoms with Crippen molar-refractivity contribution in [1.29, 1.82) is 0 Å². The number of nitrogens with one attached hydrogen (secondary N) is 1. The van der Waals surface area contributed by atoms with E-state index in [-0.39, 0.29) is 28.1 Å². The Morgan fingerprint density at radius 3 is 2.50 bits per heavy atom. The van der Waals surface area contributed by atoms with Crippen molar-refractivity contribution in [2.75, 3.05) is 17.9 Å². The average Bonchev–Trinajstić information content (AvgIpc) is 3.21. The van der Waals surface area contributed by atoms with Crippen LogP contribution < -0.4 is 9.46 Å². The number of aromatic nitrogens is 2. The summed E-state index contributed by atoms with van der Waals surface area (Å²) in [5.41, 5.74) is 3.08. The van der Waals surface area contributed by atoms with Gasteiger partial charge in [-0.15, -0.1) is 0 Å². The van der Waals surface area contributed by atoms with E-state index in [4.69, 9.17) is 4.52 Å². The number of nitrogens with zero attached hydrogens (tertiary/aromatic N) is 3. The lowest BCUT2D eigenvalue weighted by atomic mass is 9.91. The lowest BCUT2D eigenvalue weighted by Crippen LogP contribution is -2.33. The molecule has 0 aliphatic carbocycles. The summed E-state index contributed by atoms with van der Waals surface area (Å²) in [4.78, 5) is 6.29. The maximum absolute atomic E-state index is 13.2. The molecule has 1 aliphatic heterocycles. The van der Waals surface area contributed by atoms with Crippen molar-refractivity contribution < 1.29 is 30.8 Å². The first-order valence-corrected chi connectivity index (χ1v) is 13.6. The molecule has 8 nitrogen and oxygen atoms in total. The number of anilines is 1. The Kier molecular flexibility index (Phi) is 7.50. The van der Waals surface area contributed by atoms with Gasteiger partial charge < -0.3 is 9.26 Å². The summed E-state index contributed by atoms with van der Waals surface area (Å²) < 4.78 is 76.1. The molecule has 0 amide bonds. The van der Waals surface area contributed by atoms with Gasteiger partial charge >= 0.3 is 6.18 Å². The Bertz CT molecular complexity index is 1400. The molecule has 12 heteroatoms. The molecule has 0 radical (unpaired) electrons. The van der Waals surface area contributed by atoms with Gasteiger partial charge in [0.15, 0.2) is 12.4 Å². The highest BCUT2D eigenvalue weighted by molar-refractivity contribution is 7.92. The molecule has 1 atom stereocenters. The smallest absolute Gasteiger partial charge is 0.422 e. The first-order valence-electron chi connectivity index (χ1n) is 12.1. The van der Waals surface area contributed by atoms with E-state index in [1.54, 1.807) is 25.1 Å². The standard InChI is InChI=1S/C26H31F3N4O4S/c1-16-23(25(3,4)5)37-31-24(16)32-38(34,35)21-8-6-18-10-11-33(14-20(18)12-21)17(2)19-7-9-22(30-13-19)36-15-26(27,28)29/h6-9,12-13,17H,10-11,14-15H2,1-5H3,(H,31,32). The summed E-state index contributed by atoms with van der Waals surface area (Å²) in [6.45, 7) is 9.46. The summed E-state index contributed by atoms with van der Waals surface area (Å²) in [7, 11) is -3.91. The van der Waals surface area contributed by atoms with Gasteiger partial charge in [0.1, 0.15) is 5.76 Å². The number of benzene rings is 1. The zero-order valence-corrected chi connectivity index (χ0v) is 22.7. The van der Waals surface area contributed by atoms with E-state index in [1.807, 2.05) is 33.8 Å². The number of sulfonamides is 1. The van der Waals surface area contributed by atoms with E-state index >= 15 is 0 Å². The molecule has 206 valence electrons. The molecule has 3 heterocycles. The Hall–Kier alpha value is -3.12. The van der Waals surface area contributed by atoms with Crippen LogP contribution in [0.15, 0.2) is 45.9 Å². The van der Waals surface area contributed by atoms with E-state index in [1.165, 1.54) is 12.3 Å². The SMILES string of the molecule is Cc1c(NS(=O)(=O)c2ccc3c(c2)CN(C(C)c2ccc(OCC(F)(F)F)nc2)CC3)noc1C(C)(C)C. The van der Waals surface area contributed by atoms with E-state index < -0.39 is 22.8 Å². The minimum Gasteiger partial charge on any atom is -0.468 e. The first-order chi connectivity index (χ1) is 17.6. The summed E-state index contributed by atoms with van der Waals surface area (Å²) in [5, 5.41) is 3.93. The first kappa shape index (κ1) is 27.9. The van der Waals surface area contributed by atoms with Gasteiger partial charge in [-0.1, -0.05) is 38.1 Å². The molecule has 1 aromatic carbocycles. The second-order valence-electron chi connectivity index (χ2n) is 10.5. The van der Waals surface area contributed by atoms with Gasteiger partial charge in [0, 0.05) is 42.4 Å². The summed E-state index contributed by atoms with van der Waals surface area (Å²) in [6.07, 6.45) is -2.20. The third-order valence-corrected chi connectivity index (χ3v) is 7.88. The fraction of sp³-hybridized carbons (Fsp3) is 0.462. The minimum atomic E-state index is -4.43. The van der Waals surface area contributed by atoms with Crippen molar-refractivity contribution in [3.63, 3.8) is 0 Å². The average molecular weight is 553 g/mol. The Morgan fingerprint density at radius 1 is 1.16 bits per heavy atom. The minimum absolute atomic E-state index is 0.0958. The number of ether oxygens (including phenoxy) is 1. The highest BCUT2D eigenvalue weighted by Gasteiger charge is 2.30. The van der Waals surface area contributed by atoms with Crippen molar-refractivity contribution in [3.8, 4) is 5.88 Å². The third kappa shape index (κ3) is 6.29. The Balaban J connectivity index is 1.48. The van der Waals surface area contributed by atoms with Crippen molar-refractivity contribution in [3.05, 3.63) is 64.5 Å². The molecule has 0 fully saturated rings. The summed E-state index contributed by atoms with van der Waals surface area (Å²) in [5.74, 6) is 0.680. The van der Waals surface area contributed by atoms with E-state index in [2.05, 4.69) is 24.5 Å². The third-order valence-electron chi connectivity index (χ3n) is 6.54. The zero-order chi connectivity index (χ0) is 27.9. The summed E-state index contributed by atoms with van der Waals surface area (Å²) in [6, 6.07) is 8.10. The Labute approximate surface area is 220 Å². The molecule has 38 heavy (non-hydrogen) atoms. The van der Waals surface area contributed by atoms with Crippen LogP contribution in [0.4, 0.5) is 19.0 Å². The van der Waals surface area contributed by atoms with Crippen molar-refractivity contribution in [2.45, 2.75) is 70.1 Å². The lowest BCUT2D eigenvalue weighted by Gasteiger charge is -2.34. The van der Waals surface area contributed by atoms with E-state index in [0.717, 1.165) is 29.7 Å². The van der Waals surface area contributed by atoms with Gasteiger partial charge in [-0.25, -0.2) is 13.4 Å². The number of hydrogen-bond acceptors (Lipinski definition) is 7. The normalized spacial score (nSPS) is 15.7. The number of fused-ring (bicyclic) bond motifs is 1. The predicted octanol–water partition coefficient (Wildman–Crippen LogP) is 5.54. The second-order valence-corrected chi connectivity index (χ2v) is 12.2. The number of alkyl halides is 3. The molecule has 0 saturated carbocycles. The van der Waals surface area contributed by atoms with Crippen LogP contribution in [0.1, 0.15) is 61.8 Å². The van der Waals surface area contributed by atoms with Crippen molar-refractivity contribution in [2.24, 2.45) is 0 Å². The molecule has 1 unspecified atom stereocenters. The highest BCUT2D eigenvalue weighted by atomic mass is 32.2. The van der Waals surface area contributed by atoms with Crippen LogP contribution in [-0.4, -0.2) is 42.8 Å². The van der Waals surface area contributed by atoms with Gasteiger partial charge in [0.25, 0.3) is 10.0 Å². The quantitative estimate of drug-likeness (QED) is 0.411. The monoisotopic (exact) mass is 552 g/mol. The molecule has 1 aliphatic rings. The topological polar surface area (TPSA) is 97.6 Å². The van der Waals surface area contributed by atoms with Crippen LogP contribution in [0.2, 0.25) is 0 Å². The van der Waals surface area contributed by atoms with E-state index in [9.17, 15) is 21.6 Å². The Morgan fingerprint density at radius 2 is 1.89 bits per heavy atom. The maximum Gasteiger partial charge on any atom is 0.422 e.